The fourth-order valence-electron chi connectivity index (χ4n) is 4.51. The average molecular weight is 538 g/mol. The standard InChI is InChI=1S/C27H30ClN5O3.C2H6/c1-16-8-4-7-11-22(16)30-18(3)31-27-29-17(2)23(24(32-27)20-9-5-6-10-21(20)28)25(34)33-14-12-19(13-15-33)26(35)36;1-2/h4-11,19,24H,12-15H2,1-3H3,(H,35,36)(H2,29,30,31,32);1-2H3. The maximum absolute atomic E-state index is 13.7. The lowest BCUT2D eigenvalue weighted by molar-refractivity contribution is -0.145. The number of carbonyl (C=O) groups excluding carboxylic acids is 1. The number of guanidine groups is 1. The van der Waals surface area contributed by atoms with Crippen LogP contribution in [0, 0.1) is 12.8 Å². The number of aryl methyl sites for hydroxylation is 1. The van der Waals surface area contributed by atoms with Gasteiger partial charge >= 0.3 is 5.97 Å². The van der Waals surface area contributed by atoms with E-state index >= 15 is 0 Å². The summed E-state index contributed by atoms with van der Waals surface area (Å²) in [5.41, 5.74) is 3.88. The van der Waals surface area contributed by atoms with Gasteiger partial charge in [0.2, 0.25) is 5.96 Å². The summed E-state index contributed by atoms with van der Waals surface area (Å²) in [7, 11) is 0. The number of halogens is 1. The Bertz CT molecular complexity index is 1260. The third-order valence-electron chi connectivity index (χ3n) is 6.52. The van der Waals surface area contributed by atoms with Crippen LogP contribution in [0.1, 0.15) is 57.7 Å². The molecule has 2 aromatic carbocycles. The van der Waals surface area contributed by atoms with Gasteiger partial charge in [0.15, 0.2) is 0 Å². The molecule has 0 aromatic heterocycles. The molecule has 1 saturated heterocycles. The van der Waals surface area contributed by atoms with Gasteiger partial charge in [-0.25, -0.2) is 9.98 Å². The van der Waals surface area contributed by atoms with Crippen molar-refractivity contribution in [2.45, 2.75) is 53.5 Å². The highest BCUT2D eigenvalue weighted by Gasteiger charge is 2.35. The van der Waals surface area contributed by atoms with Gasteiger partial charge in [-0.1, -0.05) is 61.8 Å². The lowest BCUT2D eigenvalue weighted by atomic mass is 9.92. The Morgan fingerprint density at radius 1 is 1.08 bits per heavy atom. The van der Waals surface area contributed by atoms with Gasteiger partial charge in [0.05, 0.1) is 11.5 Å². The number of para-hydroxylation sites is 1. The zero-order valence-electron chi connectivity index (χ0n) is 22.6. The van der Waals surface area contributed by atoms with E-state index in [9.17, 15) is 14.7 Å². The maximum Gasteiger partial charge on any atom is 0.306 e. The van der Waals surface area contributed by atoms with Crippen LogP contribution in [0.4, 0.5) is 5.69 Å². The largest absolute Gasteiger partial charge is 0.481 e. The van der Waals surface area contributed by atoms with Crippen LogP contribution in [0.5, 0.6) is 0 Å². The van der Waals surface area contributed by atoms with Gasteiger partial charge in [-0.2, -0.15) is 0 Å². The molecule has 2 aliphatic heterocycles. The van der Waals surface area contributed by atoms with E-state index in [0.717, 1.165) is 11.3 Å². The van der Waals surface area contributed by atoms with Gasteiger partial charge < -0.3 is 20.6 Å². The van der Waals surface area contributed by atoms with Crippen LogP contribution in [0.3, 0.4) is 0 Å². The zero-order valence-corrected chi connectivity index (χ0v) is 23.3. The molecule has 8 nitrogen and oxygen atoms in total. The number of amides is 1. The number of nitrogens with one attached hydrogen (secondary N) is 2. The smallest absolute Gasteiger partial charge is 0.306 e. The molecule has 0 spiro atoms. The van der Waals surface area contributed by atoms with Crippen LogP contribution in [-0.2, 0) is 9.59 Å². The van der Waals surface area contributed by atoms with E-state index in [1.165, 1.54) is 0 Å². The average Bonchev–Trinajstić information content (AvgIpc) is 2.91. The van der Waals surface area contributed by atoms with E-state index < -0.39 is 17.9 Å². The summed E-state index contributed by atoms with van der Waals surface area (Å²) >= 11 is 6.54. The highest BCUT2D eigenvalue weighted by molar-refractivity contribution is 6.31. The Labute approximate surface area is 229 Å². The number of likely N-dealkylation sites (tertiary alicyclic amines) is 1. The molecule has 38 heavy (non-hydrogen) atoms. The van der Waals surface area contributed by atoms with Crippen LogP contribution < -0.4 is 10.6 Å². The Morgan fingerprint density at radius 3 is 2.34 bits per heavy atom. The molecule has 1 unspecified atom stereocenters. The maximum atomic E-state index is 13.7. The van der Waals surface area contributed by atoms with Crippen LogP contribution in [0.2, 0.25) is 5.02 Å². The first-order chi connectivity index (χ1) is 18.2. The third kappa shape index (κ3) is 6.81. The van der Waals surface area contributed by atoms with Crippen LogP contribution in [-0.4, -0.2) is 46.8 Å². The number of amidine groups is 1. The highest BCUT2D eigenvalue weighted by Crippen LogP contribution is 2.36. The molecule has 1 atom stereocenters. The number of rotatable bonds is 4. The molecule has 2 aromatic rings. The molecule has 1 amide bonds. The van der Waals surface area contributed by atoms with Crippen molar-refractivity contribution < 1.29 is 14.7 Å². The van der Waals surface area contributed by atoms with E-state index in [0.29, 0.717) is 59.6 Å². The van der Waals surface area contributed by atoms with Crippen molar-refractivity contribution in [3.05, 3.63) is 76.0 Å². The minimum atomic E-state index is -0.812. The Balaban J connectivity index is 0.00000195. The Kier molecular flexibility index (Phi) is 10.1. The lowest BCUT2D eigenvalue weighted by Gasteiger charge is -2.34. The Morgan fingerprint density at radius 2 is 1.71 bits per heavy atom. The number of anilines is 1. The number of benzene rings is 2. The topological polar surface area (TPSA) is 106 Å². The summed E-state index contributed by atoms with van der Waals surface area (Å²) in [5, 5.41) is 16.3. The van der Waals surface area contributed by atoms with Gasteiger partial charge in [0, 0.05) is 35.1 Å². The summed E-state index contributed by atoms with van der Waals surface area (Å²) < 4.78 is 0. The van der Waals surface area contributed by atoms with E-state index in [1.54, 1.807) is 11.0 Å². The second-order valence-corrected chi connectivity index (χ2v) is 9.49. The van der Waals surface area contributed by atoms with Crippen LogP contribution in [0.15, 0.2) is 69.8 Å². The second kappa shape index (κ2) is 13.2. The fraction of sp³-hybridized carbons (Fsp3) is 0.379. The second-order valence-electron chi connectivity index (χ2n) is 9.08. The number of piperidine rings is 1. The number of hydrogen-bond acceptors (Lipinski definition) is 5. The van der Waals surface area contributed by atoms with Crippen molar-refractivity contribution in [1.29, 1.82) is 0 Å². The number of carbonyl (C=O) groups is 2. The molecule has 202 valence electrons. The predicted molar refractivity (Wildman–Crippen MR) is 154 cm³/mol. The number of allylic oxidation sites excluding steroid dienone is 1. The molecule has 2 heterocycles. The highest BCUT2D eigenvalue weighted by atomic mass is 35.5. The van der Waals surface area contributed by atoms with Crippen molar-refractivity contribution in [3.63, 3.8) is 0 Å². The third-order valence-corrected chi connectivity index (χ3v) is 6.87. The molecule has 4 rings (SSSR count). The minimum absolute atomic E-state index is 0.171. The SMILES string of the molecule is CC.CC1=C(C(=O)N2CCC(C(=O)O)CC2)C(c2ccccc2Cl)N=C(/N=C(/C)Nc2ccccc2C)N1. The molecular weight excluding hydrogens is 502 g/mol. The van der Waals surface area contributed by atoms with E-state index in [-0.39, 0.29) is 5.91 Å². The van der Waals surface area contributed by atoms with E-state index in [2.05, 4.69) is 15.6 Å². The summed E-state index contributed by atoms with van der Waals surface area (Å²) in [5.74, 6) is -0.387. The molecule has 0 radical (unpaired) electrons. The molecule has 0 bridgehead atoms. The number of aliphatic imine (C=N–C) groups is 2. The van der Waals surface area contributed by atoms with Crippen LogP contribution in [0.25, 0.3) is 0 Å². The molecule has 0 saturated carbocycles. The fourth-order valence-corrected chi connectivity index (χ4v) is 4.75. The normalized spacial score (nSPS) is 18.2. The summed E-state index contributed by atoms with van der Waals surface area (Å²) in [4.78, 5) is 36.2. The number of nitrogens with zero attached hydrogens (tertiary/aromatic N) is 3. The summed E-state index contributed by atoms with van der Waals surface area (Å²) in [6, 6.07) is 14.6. The molecular formula is C29H36ClN5O3. The van der Waals surface area contributed by atoms with Gasteiger partial charge in [-0.15, -0.1) is 0 Å². The predicted octanol–water partition coefficient (Wildman–Crippen LogP) is 5.80. The van der Waals surface area contributed by atoms with E-state index in [1.807, 2.05) is 77.1 Å². The first-order valence-electron chi connectivity index (χ1n) is 12.9. The zero-order chi connectivity index (χ0) is 27.8. The van der Waals surface area contributed by atoms with Gasteiger partial charge in [0.25, 0.3) is 5.91 Å². The molecule has 2 aliphatic rings. The van der Waals surface area contributed by atoms with Crippen molar-refractivity contribution >= 4 is 41.0 Å². The summed E-state index contributed by atoms with van der Waals surface area (Å²) in [6.07, 6.45) is 0.861. The quantitative estimate of drug-likeness (QED) is 0.337. The molecule has 1 fully saturated rings. The first-order valence-corrected chi connectivity index (χ1v) is 13.3. The van der Waals surface area contributed by atoms with Gasteiger partial charge in [0.1, 0.15) is 11.9 Å². The number of hydrogen-bond donors (Lipinski definition) is 3. The van der Waals surface area contributed by atoms with Crippen molar-refractivity contribution in [2.75, 3.05) is 18.4 Å². The first kappa shape index (κ1) is 28.9. The molecule has 3 N–H and O–H groups in total. The number of carboxylic acids is 1. The van der Waals surface area contributed by atoms with Crippen LogP contribution >= 0.6 is 11.6 Å². The molecule has 9 heteroatoms. The molecule has 0 aliphatic carbocycles. The summed E-state index contributed by atoms with van der Waals surface area (Å²) in [6.45, 7) is 10.5. The van der Waals surface area contributed by atoms with Crippen molar-refractivity contribution in [1.82, 2.24) is 10.2 Å². The van der Waals surface area contributed by atoms with Crippen molar-refractivity contribution in [2.24, 2.45) is 15.9 Å². The van der Waals surface area contributed by atoms with Gasteiger partial charge in [-0.3, -0.25) is 9.59 Å². The number of aliphatic carboxylic acids is 1. The minimum Gasteiger partial charge on any atom is -0.481 e. The number of carboxylic acid groups (broad SMARTS) is 1. The van der Waals surface area contributed by atoms with Crippen molar-refractivity contribution in [3.8, 4) is 0 Å². The lowest BCUT2D eigenvalue weighted by Crippen LogP contribution is -2.43. The van der Waals surface area contributed by atoms with Gasteiger partial charge in [-0.05, 0) is 51.3 Å². The Hall–Kier alpha value is -3.65. The monoisotopic (exact) mass is 537 g/mol. The van der Waals surface area contributed by atoms with E-state index in [4.69, 9.17) is 16.6 Å².